The van der Waals surface area contributed by atoms with Crippen molar-refractivity contribution in [2.45, 2.75) is 20.8 Å². The van der Waals surface area contributed by atoms with Crippen LogP contribution in [0.4, 0.5) is 0 Å². The van der Waals surface area contributed by atoms with Crippen molar-refractivity contribution in [3.05, 3.63) is 36.5 Å². The third-order valence-corrected chi connectivity index (χ3v) is 1.34. The summed E-state index contributed by atoms with van der Waals surface area (Å²) in [6.45, 7) is 9.94. The van der Waals surface area contributed by atoms with E-state index in [4.69, 9.17) is 0 Å². The lowest BCUT2D eigenvalue weighted by Crippen LogP contribution is -1.82. The van der Waals surface area contributed by atoms with Crippen LogP contribution in [-0.2, 0) is 0 Å². The highest BCUT2D eigenvalue weighted by Crippen LogP contribution is 2.04. The Morgan fingerprint density at radius 2 is 2.10 bits per heavy atom. The first-order chi connectivity index (χ1) is 4.70. The first-order valence-electron chi connectivity index (χ1n) is 3.64. The van der Waals surface area contributed by atoms with E-state index in [1.54, 1.807) is 0 Å². The lowest BCUT2D eigenvalue weighted by molar-refractivity contribution is 0.928. The Morgan fingerprint density at radius 3 is 2.50 bits per heavy atom. The molecule has 0 aromatic heterocycles. The molecule has 0 nitrogen and oxygen atoms in total. The number of allylic oxidation sites excluding steroid dienone is 5. The molecule has 0 amide bonds. The topological polar surface area (TPSA) is 0 Å². The van der Waals surface area contributed by atoms with Gasteiger partial charge in [0.25, 0.3) is 0 Å². The molecule has 0 aliphatic heterocycles. The molecule has 0 aliphatic carbocycles. The molecule has 0 saturated heterocycles. The van der Waals surface area contributed by atoms with Crippen molar-refractivity contribution in [1.29, 1.82) is 0 Å². The summed E-state index contributed by atoms with van der Waals surface area (Å²) in [6, 6.07) is 0. The monoisotopic (exact) mass is 136 g/mol. The zero-order valence-corrected chi connectivity index (χ0v) is 7.09. The SMILES string of the molecule is C=CC(C)=CC(C)C=CC. The van der Waals surface area contributed by atoms with Gasteiger partial charge >= 0.3 is 0 Å². The molecule has 0 aromatic rings. The zero-order valence-electron chi connectivity index (χ0n) is 7.09. The predicted octanol–water partition coefficient (Wildman–Crippen LogP) is 3.33. The Bertz CT molecular complexity index is 149. The lowest BCUT2D eigenvalue weighted by atomic mass is 10.1. The fourth-order valence-electron chi connectivity index (χ4n) is 0.842. The minimum atomic E-state index is 0.531. The largest absolute Gasteiger partial charge is 0.0988 e. The Labute approximate surface area is 64.0 Å². The molecule has 0 saturated carbocycles. The van der Waals surface area contributed by atoms with Gasteiger partial charge in [-0.25, -0.2) is 0 Å². The molecule has 0 fully saturated rings. The van der Waals surface area contributed by atoms with Crippen LogP contribution in [0.15, 0.2) is 36.5 Å². The van der Waals surface area contributed by atoms with E-state index in [9.17, 15) is 0 Å². The molecule has 0 N–H and O–H groups in total. The molecular weight excluding hydrogens is 120 g/mol. The Hall–Kier alpha value is -0.780. The average molecular weight is 136 g/mol. The van der Waals surface area contributed by atoms with Gasteiger partial charge in [0, 0.05) is 0 Å². The van der Waals surface area contributed by atoms with Crippen LogP contribution in [-0.4, -0.2) is 0 Å². The maximum Gasteiger partial charge on any atom is -0.00763 e. The number of hydrogen-bond acceptors (Lipinski definition) is 0. The lowest BCUT2D eigenvalue weighted by Gasteiger charge is -1.97. The van der Waals surface area contributed by atoms with E-state index >= 15 is 0 Å². The first kappa shape index (κ1) is 9.22. The molecule has 0 spiro atoms. The van der Waals surface area contributed by atoms with Crippen molar-refractivity contribution in [3.8, 4) is 0 Å². The highest BCUT2D eigenvalue weighted by atomic mass is 13.9. The van der Waals surface area contributed by atoms with Crippen molar-refractivity contribution >= 4 is 0 Å². The predicted molar refractivity (Wildman–Crippen MR) is 47.9 cm³/mol. The van der Waals surface area contributed by atoms with E-state index in [-0.39, 0.29) is 0 Å². The normalized spacial score (nSPS) is 15.7. The van der Waals surface area contributed by atoms with Crippen LogP contribution in [0, 0.1) is 5.92 Å². The van der Waals surface area contributed by atoms with E-state index in [1.807, 2.05) is 13.0 Å². The molecule has 1 unspecified atom stereocenters. The van der Waals surface area contributed by atoms with Crippen molar-refractivity contribution in [2.24, 2.45) is 5.92 Å². The molecule has 0 heterocycles. The van der Waals surface area contributed by atoms with Crippen molar-refractivity contribution < 1.29 is 0 Å². The summed E-state index contributed by atoms with van der Waals surface area (Å²) in [5.41, 5.74) is 1.24. The van der Waals surface area contributed by atoms with Crippen molar-refractivity contribution in [3.63, 3.8) is 0 Å². The van der Waals surface area contributed by atoms with Gasteiger partial charge in [-0.05, 0) is 19.8 Å². The molecule has 0 aliphatic rings. The summed E-state index contributed by atoms with van der Waals surface area (Å²) in [5.74, 6) is 0.531. The summed E-state index contributed by atoms with van der Waals surface area (Å²) in [7, 11) is 0. The van der Waals surface area contributed by atoms with E-state index < -0.39 is 0 Å². The Balaban J connectivity index is 3.98. The number of rotatable bonds is 3. The van der Waals surface area contributed by atoms with Crippen molar-refractivity contribution in [2.75, 3.05) is 0 Å². The van der Waals surface area contributed by atoms with Crippen molar-refractivity contribution in [1.82, 2.24) is 0 Å². The van der Waals surface area contributed by atoms with Gasteiger partial charge in [-0.15, -0.1) is 0 Å². The fraction of sp³-hybridized carbons (Fsp3) is 0.400. The third kappa shape index (κ3) is 4.13. The van der Waals surface area contributed by atoms with Gasteiger partial charge in [-0.3, -0.25) is 0 Å². The highest BCUT2D eigenvalue weighted by molar-refractivity contribution is 5.15. The van der Waals surface area contributed by atoms with Crippen LogP contribution in [0.5, 0.6) is 0 Å². The minimum absolute atomic E-state index is 0.531. The molecule has 0 bridgehead atoms. The summed E-state index contributed by atoms with van der Waals surface area (Å²) in [6.07, 6.45) is 8.29. The van der Waals surface area contributed by atoms with Gasteiger partial charge in [-0.2, -0.15) is 0 Å². The number of hydrogen-bond donors (Lipinski definition) is 0. The van der Waals surface area contributed by atoms with Crippen LogP contribution in [0.2, 0.25) is 0 Å². The van der Waals surface area contributed by atoms with Crippen LogP contribution in [0.3, 0.4) is 0 Å². The van der Waals surface area contributed by atoms with E-state index in [1.165, 1.54) is 5.57 Å². The summed E-state index contributed by atoms with van der Waals surface area (Å²) in [4.78, 5) is 0. The smallest absolute Gasteiger partial charge is 0.00763 e. The molecule has 0 rings (SSSR count). The van der Waals surface area contributed by atoms with Gasteiger partial charge in [0.1, 0.15) is 0 Å². The second kappa shape index (κ2) is 5.04. The molecule has 56 valence electrons. The van der Waals surface area contributed by atoms with Crippen LogP contribution < -0.4 is 0 Å². The van der Waals surface area contributed by atoms with E-state index in [0.29, 0.717) is 5.92 Å². The standard InChI is InChI=1S/C10H16/c1-5-7-10(4)8-9(3)6-2/h5-8,10H,2H2,1,3-4H3. The minimum Gasteiger partial charge on any atom is -0.0988 e. The average Bonchev–Trinajstić information content (AvgIpc) is 1.88. The van der Waals surface area contributed by atoms with E-state index in [0.717, 1.165) is 0 Å². The van der Waals surface area contributed by atoms with Crippen LogP contribution in [0.1, 0.15) is 20.8 Å². The molecule has 0 radical (unpaired) electrons. The summed E-state index contributed by atoms with van der Waals surface area (Å²) < 4.78 is 0. The first-order valence-corrected chi connectivity index (χ1v) is 3.64. The second-order valence-electron chi connectivity index (χ2n) is 2.50. The maximum atomic E-state index is 3.68. The summed E-state index contributed by atoms with van der Waals surface area (Å²) >= 11 is 0. The quantitative estimate of drug-likeness (QED) is 0.412. The molecular formula is C10H16. The zero-order chi connectivity index (χ0) is 7.98. The fourth-order valence-corrected chi connectivity index (χ4v) is 0.842. The Kier molecular flexibility index (Phi) is 4.65. The van der Waals surface area contributed by atoms with Gasteiger partial charge in [0.15, 0.2) is 0 Å². The molecule has 10 heavy (non-hydrogen) atoms. The third-order valence-electron chi connectivity index (χ3n) is 1.34. The van der Waals surface area contributed by atoms with Crippen LogP contribution >= 0.6 is 0 Å². The maximum absolute atomic E-state index is 3.68. The van der Waals surface area contributed by atoms with E-state index in [2.05, 4.69) is 38.7 Å². The molecule has 0 aromatic carbocycles. The van der Waals surface area contributed by atoms with Gasteiger partial charge < -0.3 is 0 Å². The molecule has 1 atom stereocenters. The van der Waals surface area contributed by atoms with Gasteiger partial charge in [0.05, 0.1) is 0 Å². The highest BCUT2D eigenvalue weighted by Gasteiger charge is 1.88. The second-order valence-corrected chi connectivity index (χ2v) is 2.50. The van der Waals surface area contributed by atoms with Gasteiger partial charge in [0.2, 0.25) is 0 Å². The van der Waals surface area contributed by atoms with Crippen LogP contribution in [0.25, 0.3) is 0 Å². The molecule has 0 heteroatoms. The summed E-state index contributed by atoms with van der Waals surface area (Å²) in [5, 5.41) is 0. The Morgan fingerprint density at radius 1 is 1.50 bits per heavy atom. The van der Waals surface area contributed by atoms with Gasteiger partial charge in [-0.1, -0.05) is 43.4 Å².